The molecule has 0 aliphatic heterocycles. The van der Waals surface area contributed by atoms with E-state index < -0.39 is 17.4 Å². The van der Waals surface area contributed by atoms with Crippen molar-refractivity contribution in [3.05, 3.63) is 130 Å². The molecule has 2 heterocycles. The zero-order chi connectivity index (χ0) is 28.9. The molecule has 8 heteroatoms. The molecule has 5 aromatic rings. The molecule has 0 aliphatic carbocycles. The molecule has 204 valence electrons. The molecule has 0 radical (unpaired) electrons. The van der Waals surface area contributed by atoms with E-state index in [2.05, 4.69) is 15.6 Å². The monoisotopic (exact) mass is 544 g/mol. The summed E-state index contributed by atoms with van der Waals surface area (Å²) in [5.41, 5.74) is 4.07. The van der Waals surface area contributed by atoms with Gasteiger partial charge in [0.05, 0.1) is 11.1 Å². The minimum absolute atomic E-state index is 0.0638. The Hall–Kier alpha value is -5.37. The van der Waals surface area contributed by atoms with Crippen molar-refractivity contribution in [2.45, 2.75) is 26.4 Å². The number of ketones is 1. The van der Waals surface area contributed by atoms with Crippen molar-refractivity contribution in [3.63, 3.8) is 0 Å². The van der Waals surface area contributed by atoms with Gasteiger partial charge in [0.2, 0.25) is 5.91 Å². The van der Waals surface area contributed by atoms with Crippen LogP contribution >= 0.6 is 0 Å². The average molecular weight is 545 g/mol. The van der Waals surface area contributed by atoms with Crippen molar-refractivity contribution in [2.24, 2.45) is 0 Å². The number of rotatable bonds is 8. The first kappa shape index (κ1) is 27.2. The number of aromatic nitrogens is 2. The highest BCUT2D eigenvalue weighted by atomic mass is 16.2. The summed E-state index contributed by atoms with van der Waals surface area (Å²) in [7, 11) is 0. The Morgan fingerprint density at radius 2 is 1.56 bits per heavy atom. The molecule has 0 aliphatic rings. The lowest BCUT2D eigenvalue weighted by Crippen LogP contribution is -2.41. The van der Waals surface area contributed by atoms with E-state index in [-0.39, 0.29) is 17.3 Å². The standard InChI is InChI=1S/C33H28N4O4/c1-21(35-33(41)26-10-8-25(9-11-26)24-6-4-3-5-7-24)32(40)36-27-12-13-30-28(18-27)31(39)29(22(2)38)20-37(30)19-23-14-16-34-17-15-23/h3-18,20-21H,19H2,1-2H3,(H,35,41)(H,36,40)/t21-/m0/s1. The quantitative estimate of drug-likeness (QED) is 0.265. The van der Waals surface area contributed by atoms with Crippen LogP contribution in [0.1, 0.15) is 40.1 Å². The number of anilines is 1. The molecule has 2 aromatic heterocycles. The molecule has 0 saturated carbocycles. The minimum Gasteiger partial charge on any atom is -0.342 e. The lowest BCUT2D eigenvalue weighted by molar-refractivity contribution is -0.117. The lowest BCUT2D eigenvalue weighted by atomic mass is 10.0. The molecule has 1 atom stereocenters. The first-order valence-electron chi connectivity index (χ1n) is 13.1. The molecule has 8 nitrogen and oxygen atoms in total. The number of benzene rings is 3. The van der Waals surface area contributed by atoms with Crippen molar-refractivity contribution in [2.75, 3.05) is 5.32 Å². The van der Waals surface area contributed by atoms with Crippen LogP contribution in [0.5, 0.6) is 0 Å². The van der Waals surface area contributed by atoms with E-state index in [1.165, 1.54) is 6.92 Å². The maximum atomic E-state index is 13.1. The van der Waals surface area contributed by atoms with Gasteiger partial charge in [-0.1, -0.05) is 42.5 Å². The summed E-state index contributed by atoms with van der Waals surface area (Å²) in [6.07, 6.45) is 4.92. The smallest absolute Gasteiger partial charge is 0.251 e. The molecular weight excluding hydrogens is 516 g/mol. The number of fused-ring (bicyclic) bond motifs is 1. The van der Waals surface area contributed by atoms with Crippen molar-refractivity contribution in [3.8, 4) is 11.1 Å². The number of hydrogen-bond acceptors (Lipinski definition) is 5. The Labute approximate surface area is 236 Å². The third-order valence-corrected chi connectivity index (χ3v) is 6.82. The van der Waals surface area contributed by atoms with Crippen LogP contribution in [-0.4, -0.2) is 33.2 Å². The van der Waals surface area contributed by atoms with Crippen LogP contribution in [0.2, 0.25) is 0 Å². The van der Waals surface area contributed by atoms with E-state index >= 15 is 0 Å². The fourth-order valence-corrected chi connectivity index (χ4v) is 4.58. The number of Topliss-reactive ketones (excluding diaryl/α,β-unsaturated/α-hetero) is 1. The molecule has 0 spiro atoms. The third-order valence-electron chi connectivity index (χ3n) is 6.82. The van der Waals surface area contributed by atoms with Gasteiger partial charge in [0.25, 0.3) is 5.91 Å². The van der Waals surface area contributed by atoms with Gasteiger partial charge in [-0.15, -0.1) is 0 Å². The molecule has 5 rings (SSSR count). The lowest BCUT2D eigenvalue weighted by Gasteiger charge is -2.16. The molecule has 3 aromatic carbocycles. The summed E-state index contributed by atoms with van der Waals surface area (Å²) < 4.78 is 1.83. The van der Waals surface area contributed by atoms with Crippen LogP contribution in [0, 0.1) is 0 Å². The van der Waals surface area contributed by atoms with Crippen LogP contribution in [0.3, 0.4) is 0 Å². The predicted molar refractivity (Wildman–Crippen MR) is 159 cm³/mol. The summed E-state index contributed by atoms with van der Waals surface area (Å²) in [5.74, 6) is -1.17. The number of pyridine rings is 2. The van der Waals surface area contributed by atoms with E-state index in [0.717, 1.165) is 16.7 Å². The van der Waals surface area contributed by atoms with Gasteiger partial charge in [-0.25, -0.2) is 0 Å². The summed E-state index contributed by atoms with van der Waals surface area (Å²) in [6.45, 7) is 3.37. The average Bonchev–Trinajstić information content (AvgIpc) is 2.99. The fraction of sp³-hybridized carbons (Fsp3) is 0.121. The minimum atomic E-state index is -0.848. The first-order valence-corrected chi connectivity index (χ1v) is 13.1. The normalized spacial score (nSPS) is 11.6. The van der Waals surface area contributed by atoms with Gasteiger partial charge in [-0.3, -0.25) is 24.2 Å². The van der Waals surface area contributed by atoms with Gasteiger partial charge in [0, 0.05) is 41.8 Å². The van der Waals surface area contributed by atoms with E-state index in [1.807, 2.05) is 59.2 Å². The number of nitrogens with one attached hydrogen (secondary N) is 2. The van der Waals surface area contributed by atoms with Gasteiger partial charge >= 0.3 is 0 Å². The van der Waals surface area contributed by atoms with Crippen LogP contribution in [0.15, 0.2) is 108 Å². The van der Waals surface area contributed by atoms with Gasteiger partial charge in [0.1, 0.15) is 6.04 Å². The van der Waals surface area contributed by atoms with E-state index in [9.17, 15) is 19.2 Å². The highest BCUT2D eigenvalue weighted by Crippen LogP contribution is 2.21. The number of carbonyl (C=O) groups excluding carboxylic acids is 3. The molecule has 0 saturated heterocycles. The van der Waals surface area contributed by atoms with Crippen molar-refractivity contribution < 1.29 is 14.4 Å². The summed E-state index contributed by atoms with van der Waals surface area (Å²) in [4.78, 5) is 55.2. The van der Waals surface area contributed by atoms with Crippen LogP contribution in [0.25, 0.3) is 22.0 Å². The van der Waals surface area contributed by atoms with Crippen molar-refractivity contribution in [1.29, 1.82) is 0 Å². The highest BCUT2D eigenvalue weighted by Gasteiger charge is 2.18. The molecule has 2 amide bonds. The fourth-order valence-electron chi connectivity index (χ4n) is 4.58. The highest BCUT2D eigenvalue weighted by molar-refractivity contribution is 6.02. The Balaban J connectivity index is 1.32. The zero-order valence-corrected chi connectivity index (χ0v) is 22.6. The van der Waals surface area contributed by atoms with Gasteiger partial charge in [-0.05, 0) is 73.0 Å². The maximum absolute atomic E-state index is 13.1. The Morgan fingerprint density at radius 3 is 2.24 bits per heavy atom. The maximum Gasteiger partial charge on any atom is 0.251 e. The predicted octanol–water partition coefficient (Wildman–Crippen LogP) is 5.07. The molecule has 0 fully saturated rings. The van der Waals surface area contributed by atoms with E-state index in [0.29, 0.717) is 28.7 Å². The molecule has 0 bridgehead atoms. The van der Waals surface area contributed by atoms with Crippen molar-refractivity contribution in [1.82, 2.24) is 14.9 Å². The molecule has 41 heavy (non-hydrogen) atoms. The number of nitrogens with zero attached hydrogens (tertiary/aromatic N) is 2. The Bertz CT molecular complexity index is 1800. The SMILES string of the molecule is CC(=O)c1cn(Cc2ccncc2)c2ccc(NC(=O)[C@H](C)NC(=O)c3ccc(-c4ccccc4)cc3)cc2c1=O. The molecular formula is C33H28N4O4. The van der Waals surface area contributed by atoms with Crippen molar-refractivity contribution >= 4 is 34.2 Å². The summed E-state index contributed by atoms with van der Waals surface area (Å²) in [6, 6.07) is 24.8. The largest absolute Gasteiger partial charge is 0.342 e. The van der Waals surface area contributed by atoms with Crippen LogP contribution in [0.4, 0.5) is 5.69 Å². The number of amides is 2. The van der Waals surface area contributed by atoms with E-state index in [4.69, 9.17) is 0 Å². The summed E-state index contributed by atoms with van der Waals surface area (Å²) >= 11 is 0. The van der Waals surface area contributed by atoms with Gasteiger partial charge in [0.15, 0.2) is 11.2 Å². The second-order valence-corrected chi connectivity index (χ2v) is 9.77. The van der Waals surface area contributed by atoms with Crippen LogP contribution < -0.4 is 16.1 Å². The Morgan fingerprint density at radius 1 is 0.878 bits per heavy atom. The second-order valence-electron chi connectivity index (χ2n) is 9.77. The van der Waals surface area contributed by atoms with Gasteiger partial charge < -0.3 is 15.2 Å². The topological polar surface area (TPSA) is 110 Å². The molecule has 0 unspecified atom stereocenters. The third kappa shape index (κ3) is 6.12. The van der Waals surface area contributed by atoms with E-state index in [1.54, 1.807) is 55.8 Å². The first-order chi connectivity index (χ1) is 19.8. The second kappa shape index (κ2) is 11.8. The van der Waals surface area contributed by atoms with Gasteiger partial charge in [-0.2, -0.15) is 0 Å². The molecule has 2 N–H and O–H groups in total. The summed E-state index contributed by atoms with van der Waals surface area (Å²) in [5, 5.41) is 5.79. The number of hydrogen-bond donors (Lipinski definition) is 2. The number of carbonyl (C=O) groups is 3. The Kier molecular flexibility index (Phi) is 7.83. The zero-order valence-electron chi connectivity index (χ0n) is 22.6. The van der Waals surface area contributed by atoms with Crippen LogP contribution in [-0.2, 0) is 11.3 Å².